The molecule has 0 spiro atoms. The molecule has 3 aliphatic rings. The third-order valence-corrected chi connectivity index (χ3v) is 9.93. The smallest absolute Gasteiger partial charge is 0.178 e. The second-order valence-corrected chi connectivity index (χ2v) is 13.1. The van der Waals surface area contributed by atoms with Crippen molar-refractivity contribution in [3.05, 3.63) is 47.0 Å². The highest BCUT2D eigenvalue weighted by Gasteiger charge is 2.37. The van der Waals surface area contributed by atoms with Crippen molar-refractivity contribution in [3.8, 4) is 21.8 Å². The van der Waals surface area contributed by atoms with Crippen LogP contribution in [0.5, 0.6) is 0 Å². The summed E-state index contributed by atoms with van der Waals surface area (Å²) in [7, 11) is -3.44. The number of fused-ring (bicyclic) bond motifs is 4. The maximum atomic E-state index is 12.7. The monoisotopic (exact) mass is 506 g/mol. The molecular weight excluding hydrogens is 480 g/mol. The van der Waals surface area contributed by atoms with E-state index < -0.39 is 9.84 Å². The Morgan fingerprint density at radius 1 is 1.09 bits per heavy atom. The van der Waals surface area contributed by atoms with Crippen LogP contribution in [0.15, 0.2) is 35.6 Å². The molecular formula is C25H26N6O2S2. The quantitative estimate of drug-likeness (QED) is 0.449. The van der Waals surface area contributed by atoms with Gasteiger partial charge in [0.2, 0.25) is 0 Å². The fourth-order valence-electron chi connectivity index (χ4n) is 5.95. The van der Waals surface area contributed by atoms with Crippen molar-refractivity contribution in [1.82, 2.24) is 29.9 Å². The summed E-state index contributed by atoms with van der Waals surface area (Å²) in [6, 6.07) is 4.92. The van der Waals surface area contributed by atoms with Crippen LogP contribution in [0.2, 0.25) is 0 Å². The Kier molecular flexibility index (Phi) is 4.88. The topological polar surface area (TPSA) is 102 Å². The molecule has 0 radical (unpaired) electrons. The van der Waals surface area contributed by atoms with Crippen molar-refractivity contribution in [2.24, 2.45) is 0 Å². The number of aromatic nitrogens is 5. The molecule has 2 aliphatic heterocycles. The molecule has 1 unspecified atom stereocenters. The van der Waals surface area contributed by atoms with Gasteiger partial charge >= 0.3 is 0 Å². The number of pyridine rings is 1. The summed E-state index contributed by atoms with van der Waals surface area (Å²) >= 11 is 1.74. The SMILES string of the molecule is CS(=O)(=O)c1cn2ncc(-c3ccc(-c4nc5c(s4)CCC5)nc3)c2nc1C1C[C@H]2CC[C@@H](C1)N2. The Balaban J connectivity index is 1.29. The van der Waals surface area contributed by atoms with Gasteiger partial charge in [0.1, 0.15) is 9.90 Å². The number of sulfone groups is 1. The number of aryl methyl sites for hydroxylation is 2. The van der Waals surface area contributed by atoms with E-state index in [-0.39, 0.29) is 10.8 Å². The van der Waals surface area contributed by atoms with Crippen LogP contribution in [-0.4, -0.2) is 51.3 Å². The number of hydrogen-bond donors (Lipinski definition) is 1. The van der Waals surface area contributed by atoms with Crippen LogP contribution in [-0.2, 0) is 22.7 Å². The molecule has 180 valence electrons. The molecule has 7 rings (SSSR count). The molecule has 8 nitrogen and oxygen atoms in total. The third kappa shape index (κ3) is 3.70. The first-order valence-corrected chi connectivity index (χ1v) is 14.9. The molecule has 2 saturated heterocycles. The lowest BCUT2D eigenvalue weighted by atomic mass is 9.89. The summed E-state index contributed by atoms with van der Waals surface area (Å²) in [6.07, 6.45) is 14.0. The van der Waals surface area contributed by atoms with Crippen molar-refractivity contribution >= 4 is 26.8 Å². The van der Waals surface area contributed by atoms with Crippen molar-refractivity contribution in [3.63, 3.8) is 0 Å². The van der Waals surface area contributed by atoms with Gasteiger partial charge in [-0.2, -0.15) is 5.10 Å². The Hall–Kier alpha value is -2.69. The largest absolute Gasteiger partial charge is 0.311 e. The number of hydrogen-bond acceptors (Lipinski definition) is 8. The fourth-order valence-corrected chi connectivity index (χ4v) is 7.96. The minimum absolute atomic E-state index is 0.124. The van der Waals surface area contributed by atoms with E-state index in [9.17, 15) is 8.42 Å². The predicted molar refractivity (Wildman–Crippen MR) is 134 cm³/mol. The maximum Gasteiger partial charge on any atom is 0.178 e. The van der Waals surface area contributed by atoms with Crippen LogP contribution < -0.4 is 5.32 Å². The second kappa shape index (κ2) is 7.91. The van der Waals surface area contributed by atoms with Gasteiger partial charge in [0.05, 0.1) is 29.5 Å². The van der Waals surface area contributed by atoms with Crippen molar-refractivity contribution < 1.29 is 8.42 Å². The minimum atomic E-state index is -3.44. The van der Waals surface area contributed by atoms with Crippen molar-refractivity contribution in [1.29, 1.82) is 0 Å². The molecule has 6 heterocycles. The van der Waals surface area contributed by atoms with Crippen LogP contribution in [0.3, 0.4) is 0 Å². The molecule has 4 aromatic rings. The summed E-state index contributed by atoms with van der Waals surface area (Å²) in [5, 5.41) is 9.06. The van der Waals surface area contributed by atoms with E-state index in [2.05, 4.69) is 10.4 Å². The van der Waals surface area contributed by atoms with E-state index >= 15 is 0 Å². The number of rotatable bonds is 4. The summed E-state index contributed by atoms with van der Waals surface area (Å²) in [5.41, 5.74) is 5.21. The predicted octanol–water partition coefficient (Wildman–Crippen LogP) is 3.81. The lowest BCUT2D eigenvalue weighted by Crippen LogP contribution is -2.37. The molecule has 3 atom stereocenters. The van der Waals surface area contributed by atoms with E-state index in [1.165, 1.54) is 23.2 Å². The first-order chi connectivity index (χ1) is 16.9. The molecule has 4 aromatic heterocycles. The lowest BCUT2D eigenvalue weighted by molar-refractivity contribution is 0.355. The highest BCUT2D eigenvalue weighted by molar-refractivity contribution is 7.90. The van der Waals surface area contributed by atoms with Crippen LogP contribution in [0.25, 0.3) is 27.5 Å². The highest BCUT2D eigenvalue weighted by Crippen LogP contribution is 2.39. The molecule has 10 heteroatoms. The molecule has 2 bridgehead atoms. The average Bonchev–Trinajstić information content (AvgIpc) is 3.61. The molecule has 0 amide bonds. The van der Waals surface area contributed by atoms with Gasteiger partial charge in [-0.05, 0) is 51.0 Å². The number of thiazole rings is 1. The lowest BCUT2D eigenvalue weighted by Gasteiger charge is -2.29. The molecule has 0 saturated carbocycles. The zero-order chi connectivity index (χ0) is 23.7. The van der Waals surface area contributed by atoms with Gasteiger partial charge in [0, 0.05) is 46.5 Å². The molecule has 1 aliphatic carbocycles. The minimum Gasteiger partial charge on any atom is -0.311 e. The number of nitrogens with zero attached hydrogens (tertiary/aromatic N) is 5. The van der Waals surface area contributed by atoms with Crippen molar-refractivity contribution in [2.75, 3.05) is 6.26 Å². The molecule has 35 heavy (non-hydrogen) atoms. The van der Waals surface area contributed by atoms with E-state index in [0.29, 0.717) is 23.4 Å². The molecule has 1 N–H and O–H groups in total. The van der Waals surface area contributed by atoms with Gasteiger partial charge in [0.25, 0.3) is 0 Å². The maximum absolute atomic E-state index is 12.7. The standard InChI is InChI=1S/C25H26N6O2S2/c1-35(32,33)22-13-31-24(30-23(22)15-9-16-6-7-17(10-15)28-16)18(12-27-31)14-5-8-20(26-11-14)25-29-19-3-2-4-21(19)34-25/h5,8,11-13,15-17,28H,2-4,6-7,9-10H2,1H3/t15?,16-,17+. The Morgan fingerprint density at radius 2 is 1.91 bits per heavy atom. The Morgan fingerprint density at radius 3 is 2.63 bits per heavy atom. The number of piperidine rings is 1. The van der Waals surface area contributed by atoms with E-state index in [1.807, 2.05) is 18.3 Å². The van der Waals surface area contributed by atoms with Crippen LogP contribution in [0, 0.1) is 0 Å². The summed E-state index contributed by atoms with van der Waals surface area (Å²) in [4.78, 5) is 16.1. The average molecular weight is 507 g/mol. The third-order valence-electron chi connectivity index (χ3n) is 7.64. The van der Waals surface area contributed by atoms with Gasteiger partial charge in [-0.1, -0.05) is 6.07 Å². The van der Waals surface area contributed by atoms with Gasteiger partial charge in [0.15, 0.2) is 15.5 Å². The Bertz CT molecular complexity index is 1520. The summed E-state index contributed by atoms with van der Waals surface area (Å²) in [5.74, 6) is 0.124. The number of nitrogens with one attached hydrogen (secondary N) is 1. The van der Waals surface area contributed by atoms with Gasteiger partial charge < -0.3 is 5.32 Å². The van der Waals surface area contributed by atoms with Crippen LogP contribution in [0.4, 0.5) is 0 Å². The fraction of sp³-hybridized carbons (Fsp3) is 0.440. The normalized spacial score (nSPS) is 23.7. The molecule has 2 fully saturated rings. The molecule has 0 aromatic carbocycles. The second-order valence-electron chi connectivity index (χ2n) is 10.1. The summed E-state index contributed by atoms with van der Waals surface area (Å²) in [6.45, 7) is 0. The zero-order valence-electron chi connectivity index (χ0n) is 19.4. The van der Waals surface area contributed by atoms with Crippen LogP contribution >= 0.6 is 11.3 Å². The van der Waals surface area contributed by atoms with Gasteiger partial charge in [-0.3, -0.25) is 4.98 Å². The van der Waals surface area contributed by atoms with E-state index in [1.54, 1.807) is 28.2 Å². The van der Waals surface area contributed by atoms with Crippen molar-refractivity contribution in [2.45, 2.75) is 67.8 Å². The van der Waals surface area contributed by atoms with Crippen LogP contribution in [0.1, 0.15) is 54.3 Å². The van der Waals surface area contributed by atoms with Gasteiger partial charge in [-0.15, -0.1) is 11.3 Å². The highest BCUT2D eigenvalue weighted by atomic mass is 32.2. The van der Waals surface area contributed by atoms with Gasteiger partial charge in [-0.25, -0.2) is 22.9 Å². The van der Waals surface area contributed by atoms with E-state index in [4.69, 9.17) is 15.0 Å². The first-order valence-electron chi connectivity index (χ1n) is 12.2. The van der Waals surface area contributed by atoms with E-state index in [0.717, 1.165) is 60.4 Å². The first kappa shape index (κ1) is 21.6. The Labute approximate surface area is 207 Å². The zero-order valence-corrected chi connectivity index (χ0v) is 21.1. The summed E-state index contributed by atoms with van der Waals surface area (Å²) < 4.78 is 27.0.